The Morgan fingerprint density at radius 2 is 2.17 bits per heavy atom. The van der Waals surface area contributed by atoms with Gasteiger partial charge in [-0.2, -0.15) is 0 Å². The van der Waals surface area contributed by atoms with Gasteiger partial charge < -0.3 is 4.74 Å². The van der Waals surface area contributed by atoms with Crippen LogP contribution in [0.2, 0.25) is 0 Å². The summed E-state index contributed by atoms with van der Waals surface area (Å²) >= 11 is 1.47. The molecule has 0 aromatic carbocycles. The van der Waals surface area contributed by atoms with Gasteiger partial charge in [-0.15, -0.1) is 13.2 Å². The number of thioether (sulfide) groups is 1. The van der Waals surface area contributed by atoms with E-state index in [1.807, 2.05) is 19.9 Å². The van der Waals surface area contributed by atoms with Crippen molar-refractivity contribution in [2.45, 2.75) is 44.2 Å². The summed E-state index contributed by atoms with van der Waals surface area (Å²) < 4.78 is 7.46. The molecule has 0 unspecified atom stereocenters. The summed E-state index contributed by atoms with van der Waals surface area (Å²) in [6, 6.07) is 1.93. The molecule has 3 rings (SSSR count). The lowest BCUT2D eigenvalue weighted by molar-refractivity contribution is -0.0418. The maximum atomic E-state index is 12.9. The Labute approximate surface area is 145 Å². The van der Waals surface area contributed by atoms with E-state index >= 15 is 0 Å². The third-order valence-electron chi connectivity index (χ3n) is 3.94. The van der Waals surface area contributed by atoms with E-state index in [0.29, 0.717) is 35.1 Å². The lowest BCUT2D eigenvalue weighted by Crippen LogP contribution is -2.33. The van der Waals surface area contributed by atoms with Gasteiger partial charge in [-0.3, -0.25) is 9.36 Å². The predicted molar refractivity (Wildman–Crippen MR) is 97.5 cm³/mol. The van der Waals surface area contributed by atoms with Gasteiger partial charge in [-0.05, 0) is 25.5 Å². The van der Waals surface area contributed by atoms with Crippen molar-refractivity contribution in [3.63, 3.8) is 0 Å². The van der Waals surface area contributed by atoms with Crippen LogP contribution in [0.15, 0.2) is 41.3 Å². The first-order valence-electron chi connectivity index (χ1n) is 7.87. The lowest BCUT2D eigenvalue weighted by Gasteiger charge is -2.31. The summed E-state index contributed by atoms with van der Waals surface area (Å²) in [6.45, 7) is 12.4. The topological polar surface area (TPSA) is 57.0 Å². The van der Waals surface area contributed by atoms with Crippen LogP contribution in [-0.2, 0) is 24.3 Å². The van der Waals surface area contributed by atoms with Crippen LogP contribution in [0.1, 0.15) is 25.1 Å². The molecular weight excluding hydrogens is 322 g/mol. The summed E-state index contributed by atoms with van der Waals surface area (Å²) in [7, 11) is 0. The molecule has 0 N–H and O–H groups in total. The van der Waals surface area contributed by atoms with E-state index in [-0.39, 0.29) is 11.2 Å². The maximum absolute atomic E-state index is 12.9. The number of pyridine rings is 1. The zero-order chi connectivity index (χ0) is 17.3. The van der Waals surface area contributed by atoms with Gasteiger partial charge in [0.2, 0.25) is 0 Å². The SMILES string of the molecule is C=CCSc1nc2nc3c(cc2c(=O)n1CC=C)CC(C)(C)OC3. The average molecular weight is 343 g/mol. The van der Waals surface area contributed by atoms with Crippen molar-refractivity contribution in [1.29, 1.82) is 0 Å². The molecule has 1 aliphatic rings. The number of hydrogen-bond acceptors (Lipinski definition) is 5. The van der Waals surface area contributed by atoms with Crippen molar-refractivity contribution in [1.82, 2.24) is 14.5 Å². The van der Waals surface area contributed by atoms with Crippen LogP contribution in [0.25, 0.3) is 11.0 Å². The number of allylic oxidation sites excluding steroid dienone is 1. The Hall–Kier alpha value is -1.92. The molecule has 24 heavy (non-hydrogen) atoms. The van der Waals surface area contributed by atoms with Gasteiger partial charge in [0, 0.05) is 18.7 Å². The smallest absolute Gasteiger partial charge is 0.263 e. The molecular formula is C18H21N3O2S. The van der Waals surface area contributed by atoms with E-state index in [0.717, 1.165) is 17.7 Å². The number of hydrogen-bond donors (Lipinski definition) is 0. The fraction of sp³-hybridized carbons (Fsp3) is 0.389. The third kappa shape index (κ3) is 3.16. The summed E-state index contributed by atoms with van der Waals surface area (Å²) in [5.41, 5.74) is 2.10. The fourth-order valence-corrected chi connectivity index (χ4v) is 3.52. The zero-order valence-electron chi connectivity index (χ0n) is 14.0. The minimum atomic E-state index is -0.240. The molecule has 1 aliphatic heterocycles. The van der Waals surface area contributed by atoms with E-state index in [9.17, 15) is 4.79 Å². The van der Waals surface area contributed by atoms with Gasteiger partial charge in [-0.25, -0.2) is 9.97 Å². The summed E-state index contributed by atoms with van der Waals surface area (Å²) in [5, 5.41) is 1.19. The zero-order valence-corrected chi connectivity index (χ0v) is 14.9. The molecule has 0 saturated heterocycles. The Bertz CT molecular complexity index is 871. The van der Waals surface area contributed by atoms with Crippen molar-refractivity contribution < 1.29 is 4.74 Å². The second-order valence-electron chi connectivity index (χ2n) is 6.39. The van der Waals surface area contributed by atoms with Crippen molar-refractivity contribution in [2.75, 3.05) is 5.75 Å². The van der Waals surface area contributed by atoms with E-state index in [1.54, 1.807) is 16.7 Å². The van der Waals surface area contributed by atoms with Gasteiger partial charge in [0.05, 0.1) is 23.3 Å². The molecule has 126 valence electrons. The van der Waals surface area contributed by atoms with Crippen molar-refractivity contribution in [3.05, 3.63) is 53.0 Å². The minimum Gasteiger partial charge on any atom is -0.369 e. The Balaban J connectivity index is 2.19. The Kier molecular flexibility index (Phi) is 4.60. The highest BCUT2D eigenvalue weighted by Crippen LogP contribution is 2.28. The number of ether oxygens (including phenoxy) is 1. The fourth-order valence-electron chi connectivity index (χ4n) is 2.79. The van der Waals surface area contributed by atoms with Gasteiger partial charge in [0.15, 0.2) is 10.8 Å². The molecule has 0 radical (unpaired) electrons. The maximum Gasteiger partial charge on any atom is 0.263 e. The normalized spacial score (nSPS) is 15.9. The molecule has 3 heterocycles. The van der Waals surface area contributed by atoms with Crippen molar-refractivity contribution >= 4 is 22.8 Å². The molecule has 0 saturated carbocycles. The summed E-state index contributed by atoms with van der Waals surface area (Å²) in [6.07, 6.45) is 4.23. The monoisotopic (exact) mass is 343 g/mol. The average Bonchev–Trinajstić information content (AvgIpc) is 2.54. The van der Waals surface area contributed by atoms with Crippen LogP contribution >= 0.6 is 11.8 Å². The number of nitrogens with zero attached hydrogens (tertiary/aromatic N) is 3. The molecule has 0 amide bonds. The predicted octanol–water partition coefficient (Wildman–Crippen LogP) is 3.11. The molecule has 0 spiro atoms. The van der Waals surface area contributed by atoms with Crippen LogP contribution in [0, 0.1) is 0 Å². The quantitative estimate of drug-likeness (QED) is 0.474. The summed E-state index contributed by atoms with van der Waals surface area (Å²) in [5.74, 6) is 0.678. The largest absolute Gasteiger partial charge is 0.369 e. The first-order chi connectivity index (χ1) is 11.4. The van der Waals surface area contributed by atoms with Crippen LogP contribution in [0.3, 0.4) is 0 Å². The Morgan fingerprint density at radius 1 is 1.38 bits per heavy atom. The Morgan fingerprint density at radius 3 is 2.88 bits per heavy atom. The second kappa shape index (κ2) is 6.53. The van der Waals surface area contributed by atoms with Crippen LogP contribution in [-0.4, -0.2) is 25.9 Å². The molecule has 2 aromatic rings. The number of fused-ring (bicyclic) bond motifs is 2. The number of rotatable bonds is 5. The third-order valence-corrected chi connectivity index (χ3v) is 4.91. The van der Waals surface area contributed by atoms with Crippen molar-refractivity contribution in [2.24, 2.45) is 0 Å². The molecule has 0 bridgehead atoms. The minimum absolute atomic E-state index is 0.0777. The molecule has 5 nitrogen and oxygen atoms in total. The second-order valence-corrected chi connectivity index (χ2v) is 7.38. The van der Waals surface area contributed by atoms with Crippen LogP contribution < -0.4 is 5.56 Å². The van der Waals surface area contributed by atoms with Gasteiger partial charge in [0.1, 0.15) is 0 Å². The first kappa shape index (κ1) is 16.9. The first-order valence-corrected chi connectivity index (χ1v) is 8.85. The number of aromatic nitrogens is 3. The molecule has 0 atom stereocenters. The van der Waals surface area contributed by atoms with Gasteiger partial charge in [-0.1, -0.05) is 23.9 Å². The lowest BCUT2D eigenvalue weighted by atomic mass is 9.94. The van der Waals surface area contributed by atoms with Gasteiger partial charge in [0.25, 0.3) is 5.56 Å². The van der Waals surface area contributed by atoms with Gasteiger partial charge >= 0.3 is 0 Å². The molecule has 0 fully saturated rings. The standard InChI is InChI=1S/C18H21N3O2S/c1-5-7-21-16(22)13-9-12-10-18(3,4)23-11-14(12)19-15(13)20-17(21)24-8-6-2/h5-6,9H,1-2,7-8,10-11H2,3-4H3. The highest BCUT2D eigenvalue weighted by molar-refractivity contribution is 7.99. The summed E-state index contributed by atoms with van der Waals surface area (Å²) in [4.78, 5) is 22.1. The van der Waals surface area contributed by atoms with E-state index < -0.39 is 0 Å². The van der Waals surface area contributed by atoms with E-state index in [2.05, 4.69) is 23.1 Å². The van der Waals surface area contributed by atoms with Crippen molar-refractivity contribution in [3.8, 4) is 0 Å². The molecule has 2 aromatic heterocycles. The highest BCUT2D eigenvalue weighted by Gasteiger charge is 2.28. The molecule has 0 aliphatic carbocycles. The van der Waals surface area contributed by atoms with E-state index in [1.165, 1.54) is 11.8 Å². The van der Waals surface area contributed by atoms with Crippen LogP contribution in [0.4, 0.5) is 0 Å². The highest BCUT2D eigenvalue weighted by atomic mass is 32.2. The van der Waals surface area contributed by atoms with E-state index in [4.69, 9.17) is 4.74 Å². The molecule has 6 heteroatoms. The van der Waals surface area contributed by atoms with Crippen LogP contribution in [0.5, 0.6) is 0 Å².